The third kappa shape index (κ3) is 3.67. The number of nitrogens with zero attached hydrogens (tertiary/aromatic N) is 1. The van der Waals surface area contributed by atoms with Crippen molar-refractivity contribution in [1.82, 2.24) is 5.32 Å². The fourth-order valence-corrected chi connectivity index (χ4v) is 3.80. The average Bonchev–Trinajstić information content (AvgIpc) is 3.11. The van der Waals surface area contributed by atoms with E-state index in [2.05, 4.69) is 5.32 Å². The zero-order valence-electron chi connectivity index (χ0n) is 15.9. The molecule has 4 rings (SSSR count). The standard InChI is InChI=1S/C22H24N2O4/c1-2-27-17-9-7-16(8-10-17)24-14-15(13-21(24)25)22(26)23-19-11-12-28-20-6-4-3-5-18(19)20/h3-10,15,19H,2,11-14H2,1H3,(H,23,26)/t15-,19+/m0/s1. The lowest BCUT2D eigenvalue weighted by Crippen LogP contribution is -2.37. The molecule has 2 heterocycles. The average molecular weight is 380 g/mol. The summed E-state index contributed by atoms with van der Waals surface area (Å²) >= 11 is 0. The van der Waals surface area contributed by atoms with Gasteiger partial charge in [0.25, 0.3) is 0 Å². The van der Waals surface area contributed by atoms with E-state index in [1.165, 1.54) is 0 Å². The minimum absolute atomic E-state index is 0.0308. The van der Waals surface area contributed by atoms with Gasteiger partial charge in [0.05, 0.1) is 25.2 Å². The molecule has 6 nitrogen and oxygen atoms in total. The molecule has 6 heteroatoms. The summed E-state index contributed by atoms with van der Waals surface area (Å²) in [6.07, 6.45) is 0.954. The Morgan fingerprint density at radius 1 is 1.21 bits per heavy atom. The van der Waals surface area contributed by atoms with Gasteiger partial charge in [-0.1, -0.05) is 18.2 Å². The highest BCUT2D eigenvalue weighted by Gasteiger charge is 2.36. The summed E-state index contributed by atoms with van der Waals surface area (Å²) in [5, 5.41) is 3.12. The third-order valence-electron chi connectivity index (χ3n) is 5.23. The van der Waals surface area contributed by atoms with E-state index in [1.54, 1.807) is 4.90 Å². The van der Waals surface area contributed by atoms with E-state index in [9.17, 15) is 9.59 Å². The minimum Gasteiger partial charge on any atom is -0.494 e. The smallest absolute Gasteiger partial charge is 0.227 e. The molecule has 2 aromatic rings. The fraction of sp³-hybridized carbons (Fsp3) is 0.364. The molecule has 2 amide bonds. The number of benzene rings is 2. The van der Waals surface area contributed by atoms with Gasteiger partial charge in [-0.2, -0.15) is 0 Å². The van der Waals surface area contributed by atoms with Crippen LogP contribution in [0.5, 0.6) is 11.5 Å². The molecule has 0 aromatic heterocycles. The molecule has 2 aliphatic heterocycles. The van der Waals surface area contributed by atoms with E-state index in [-0.39, 0.29) is 30.2 Å². The molecule has 1 saturated heterocycles. The number of para-hydroxylation sites is 1. The number of fused-ring (bicyclic) bond motifs is 1. The topological polar surface area (TPSA) is 67.9 Å². The Balaban J connectivity index is 1.42. The first-order valence-corrected chi connectivity index (χ1v) is 9.71. The first-order valence-electron chi connectivity index (χ1n) is 9.71. The maximum atomic E-state index is 12.8. The van der Waals surface area contributed by atoms with Crippen LogP contribution in [-0.2, 0) is 9.59 Å². The number of rotatable bonds is 5. The SMILES string of the molecule is CCOc1ccc(N2C[C@@H](C(=O)N[C@@H]3CCOc4ccccc43)CC2=O)cc1. The predicted molar refractivity (Wildman–Crippen MR) is 106 cm³/mol. The molecule has 0 unspecified atom stereocenters. The van der Waals surface area contributed by atoms with Crippen molar-refractivity contribution in [3.8, 4) is 11.5 Å². The van der Waals surface area contributed by atoms with Crippen LogP contribution < -0.4 is 19.7 Å². The van der Waals surface area contributed by atoms with E-state index in [1.807, 2.05) is 55.5 Å². The van der Waals surface area contributed by atoms with Crippen molar-refractivity contribution in [2.75, 3.05) is 24.7 Å². The maximum Gasteiger partial charge on any atom is 0.227 e. The van der Waals surface area contributed by atoms with Gasteiger partial charge in [-0.3, -0.25) is 9.59 Å². The van der Waals surface area contributed by atoms with Gasteiger partial charge in [0, 0.05) is 30.6 Å². The van der Waals surface area contributed by atoms with Crippen LogP contribution in [0.2, 0.25) is 0 Å². The summed E-state index contributed by atoms with van der Waals surface area (Å²) in [6, 6.07) is 15.1. The van der Waals surface area contributed by atoms with Crippen LogP contribution in [0.15, 0.2) is 48.5 Å². The van der Waals surface area contributed by atoms with Crippen LogP contribution in [0.3, 0.4) is 0 Å². The number of hydrogen-bond acceptors (Lipinski definition) is 4. The molecule has 0 radical (unpaired) electrons. The highest BCUT2D eigenvalue weighted by molar-refractivity contribution is 6.00. The molecule has 2 aromatic carbocycles. The van der Waals surface area contributed by atoms with Crippen LogP contribution >= 0.6 is 0 Å². The Labute approximate surface area is 164 Å². The first-order chi connectivity index (χ1) is 13.7. The largest absolute Gasteiger partial charge is 0.494 e. The molecule has 0 spiro atoms. The molecule has 0 saturated carbocycles. The van der Waals surface area contributed by atoms with Crippen molar-refractivity contribution >= 4 is 17.5 Å². The minimum atomic E-state index is -0.353. The number of nitrogens with one attached hydrogen (secondary N) is 1. The highest BCUT2D eigenvalue weighted by atomic mass is 16.5. The number of anilines is 1. The van der Waals surface area contributed by atoms with Gasteiger partial charge >= 0.3 is 0 Å². The predicted octanol–water partition coefficient (Wildman–Crippen LogP) is 3.08. The number of carbonyl (C=O) groups is 2. The highest BCUT2D eigenvalue weighted by Crippen LogP contribution is 2.33. The second kappa shape index (κ2) is 7.92. The van der Waals surface area contributed by atoms with Crippen molar-refractivity contribution in [2.24, 2.45) is 5.92 Å². The molecular formula is C22H24N2O4. The van der Waals surface area contributed by atoms with Crippen molar-refractivity contribution < 1.29 is 19.1 Å². The van der Waals surface area contributed by atoms with Crippen LogP contribution in [0, 0.1) is 5.92 Å². The van der Waals surface area contributed by atoms with Crippen molar-refractivity contribution in [3.05, 3.63) is 54.1 Å². The van der Waals surface area contributed by atoms with Gasteiger partial charge in [0.2, 0.25) is 11.8 Å². The molecule has 0 aliphatic carbocycles. The quantitative estimate of drug-likeness (QED) is 0.866. The summed E-state index contributed by atoms with van der Waals surface area (Å²) in [7, 11) is 0. The summed E-state index contributed by atoms with van der Waals surface area (Å²) in [5.41, 5.74) is 1.79. The van der Waals surface area contributed by atoms with Crippen molar-refractivity contribution in [2.45, 2.75) is 25.8 Å². The molecule has 146 valence electrons. The third-order valence-corrected chi connectivity index (χ3v) is 5.23. The zero-order valence-corrected chi connectivity index (χ0v) is 15.9. The number of carbonyl (C=O) groups excluding carboxylic acids is 2. The molecule has 2 atom stereocenters. The van der Waals surface area contributed by atoms with Gasteiger partial charge in [-0.25, -0.2) is 0 Å². The molecule has 2 aliphatic rings. The molecular weight excluding hydrogens is 356 g/mol. The lowest BCUT2D eigenvalue weighted by Gasteiger charge is -2.27. The normalized spacial score (nSPS) is 21.0. The number of ether oxygens (including phenoxy) is 2. The Kier molecular flexibility index (Phi) is 5.19. The molecule has 0 bridgehead atoms. The second-order valence-corrected chi connectivity index (χ2v) is 7.07. The summed E-state index contributed by atoms with van der Waals surface area (Å²) in [6.45, 7) is 3.49. The van der Waals surface area contributed by atoms with E-state index in [0.717, 1.165) is 29.2 Å². The monoisotopic (exact) mass is 380 g/mol. The zero-order chi connectivity index (χ0) is 19.5. The molecule has 1 N–H and O–H groups in total. The second-order valence-electron chi connectivity index (χ2n) is 7.07. The summed E-state index contributed by atoms with van der Waals surface area (Å²) in [4.78, 5) is 27.0. The number of amides is 2. The van der Waals surface area contributed by atoms with E-state index < -0.39 is 0 Å². The van der Waals surface area contributed by atoms with E-state index in [4.69, 9.17) is 9.47 Å². The van der Waals surface area contributed by atoms with E-state index >= 15 is 0 Å². The summed E-state index contributed by atoms with van der Waals surface area (Å²) < 4.78 is 11.1. The van der Waals surface area contributed by atoms with Gasteiger partial charge in [0.1, 0.15) is 11.5 Å². The summed E-state index contributed by atoms with van der Waals surface area (Å²) in [5.74, 6) is 1.12. The van der Waals surface area contributed by atoms with Gasteiger partial charge in [-0.05, 0) is 37.3 Å². The lowest BCUT2D eigenvalue weighted by molar-refractivity contribution is -0.127. The Bertz CT molecular complexity index is 865. The Morgan fingerprint density at radius 2 is 2.00 bits per heavy atom. The van der Waals surface area contributed by atoms with Crippen LogP contribution in [0.4, 0.5) is 5.69 Å². The first kappa shape index (κ1) is 18.3. The lowest BCUT2D eigenvalue weighted by atomic mass is 9.99. The number of hydrogen-bond donors (Lipinski definition) is 1. The maximum absolute atomic E-state index is 12.8. The Hall–Kier alpha value is -3.02. The molecule has 28 heavy (non-hydrogen) atoms. The molecule has 1 fully saturated rings. The van der Waals surface area contributed by atoms with Crippen LogP contribution in [0.25, 0.3) is 0 Å². The van der Waals surface area contributed by atoms with Crippen LogP contribution in [0.1, 0.15) is 31.4 Å². The van der Waals surface area contributed by atoms with Gasteiger partial charge in [0.15, 0.2) is 0 Å². The van der Waals surface area contributed by atoms with Crippen molar-refractivity contribution in [3.63, 3.8) is 0 Å². The van der Waals surface area contributed by atoms with Crippen LogP contribution in [-0.4, -0.2) is 31.6 Å². The van der Waals surface area contributed by atoms with Gasteiger partial charge < -0.3 is 19.7 Å². The fourth-order valence-electron chi connectivity index (χ4n) is 3.80. The Morgan fingerprint density at radius 3 is 2.79 bits per heavy atom. The van der Waals surface area contributed by atoms with E-state index in [0.29, 0.717) is 19.8 Å². The van der Waals surface area contributed by atoms with Crippen molar-refractivity contribution in [1.29, 1.82) is 0 Å². The van der Waals surface area contributed by atoms with Gasteiger partial charge in [-0.15, -0.1) is 0 Å².